The lowest BCUT2D eigenvalue weighted by atomic mass is 10.0. The molecule has 1 aromatic carbocycles. The van der Waals surface area contributed by atoms with Gasteiger partial charge in [0.1, 0.15) is 5.82 Å². The fraction of sp³-hybridized carbons (Fsp3) is 0.571. The van der Waals surface area contributed by atoms with Gasteiger partial charge in [0, 0.05) is 45.3 Å². The highest BCUT2D eigenvalue weighted by atomic mass is 19.1. The van der Waals surface area contributed by atoms with Crippen molar-refractivity contribution in [2.45, 2.75) is 32.7 Å². The minimum atomic E-state index is -0.146. The molecule has 1 aromatic rings. The molecule has 2 heterocycles. The summed E-state index contributed by atoms with van der Waals surface area (Å²) in [4.78, 5) is 19.0. The SMILES string of the molecule is CC(C)/C=C/C(=O)N1CCCC(N2CCN(c3ccccc3F)CC2)C1. The van der Waals surface area contributed by atoms with E-state index in [1.54, 1.807) is 12.1 Å². The van der Waals surface area contributed by atoms with Crippen LogP contribution in [0.2, 0.25) is 0 Å². The molecule has 2 fully saturated rings. The molecule has 3 rings (SSSR count). The van der Waals surface area contributed by atoms with E-state index in [1.165, 1.54) is 6.07 Å². The van der Waals surface area contributed by atoms with E-state index in [0.717, 1.165) is 52.1 Å². The number of rotatable bonds is 4. The van der Waals surface area contributed by atoms with Gasteiger partial charge in [0.2, 0.25) is 5.91 Å². The Hall–Kier alpha value is -1.88. The summed E-state index contributed by atoms with van der Waals surface area (Å²) in [5, 5.41) is 0. The molecule has 2 aliphatic rings. The monoisotopic (exact) mass is 359 g/mol. The molecule has 1 atom stereocenters. The molecular formula is C21H30FN3O. The van der Waals surface area contributed by atoms with E-state index in [1.807, 2.05) is 23.1 Å². The zero-order valence-electron chi connectivity index (χ0n) is 15.9. The van der Waals surface area contributed by atoms with Crippen LogP contribution in [0.15, 0.2) is 36.4 Å². The lowest BCUT2D eigenvalue weighted by Gasteiger charge is -2.43. The lowest BCUT2D eigenvalue weighted by Crippen LogP contribution is -2.55. The van der Waals surface area contributed by atoms with Gasteiger partial charge in [-0.25, -0.2) is 4.39 Å². The molecule has 0 radical (unpaired) electrons. The first-order valence-electron chi connectivity index (χ1n) is 9.75. The number of anilines is 1. The van der Waals surface area contributed by atoms with Crippen molar-refractivity contribution >= 4 is 11.6 Å². The van der Waals surface area contributed by atoms with Crippen molar-refractivity contribution in [1.29, 1.82) is 0 Å². The lowest BCUT2D eigenvalue weighted by molar-refractivity contribution is -0.128. The number of carbonyl (C=O) groups is 1. The summed E-state index contributed by atoms with van der Waals surface area (Å²) in [6.07, 6.45) is 5.89. The number of allylic oxidation sites excluding steroid dienone is 1. The van der Waals surface area contributed by atoms with Gasteiger partial charge in [0.05, 0.1) is 5.69 Å². The predicted molar refractivity (Wildman–Crippen MR) is 104 cm³/mol. The molecule has 2 aliphatic heterocycles. The zero-order valence-corrected chi connectivity index (χ0v) is 15.9. The predicted octanol–water partition coefficient (Wildman–Crippen LogP) is 3.15. The van der Waals surface area contributed by atoms with Crippen LogP contribution in [-0.2, 0) is 4.79 Å². The van der Waals surface area contributed by atoms with E-state index < -0.39 is 0 Å². The molecule has 1 unspecified atom stereocenters. The summed E-state index contributed by atoms with van der Waals surface area (Å²) in [7, 11) is 0. The number of amides is 1. The van der Waals surface area contributed by atoms with Crippen molar-refractivity contribution in [1.82, 2.24) is 9.80 Å². The van der Waals surface area contributed by atoms with E-state index in [-0.39, 0.29) is 11.7 Å². The van der Waals surface area contributed by atoms with Gasteiger partial charge in [-0.15, -0.1) is 0 Å². The Morgan fingerprint density at radius 1 is 1.15 bits per heavy atom. The number of hydrogen-bond acceptors (Lipinski definition) is 3. The summed E-state index contributed by atoms with van der Waals surface area (Å²) in [6, 6.07) is 7.42. The Morgan fingerprint density at radius 2 is 1.88 bits per heavy atom. The maximum absolute atomic E-state index is 14.0. The Bertz CT molecular complexity index is 638. The molecule has 0 spiro atoms. The second-order valence-corrected chi connectivity index (χ2v) is 7.66. The van der Waals surface area contributed by atoms with Crippen molar-refractivity contribution < 1.29 is 9.18 Å². The van der Waals surface area contributed by atoms with Crippen LogP contribution >= 0.6 is 0 Å². The normalized spacial score (nSPS) is 22.4. The Kier molecular flexibility index (Phi) is 6.30. The summed E-state index contributed by atoms with van der Waals surface area (Å²) in [6.45, 7) is 9.33. The van der Waals surface area contributed by atoms with E-state index in [2.05, 4.69) is 23.6 Å². The van der Waals surface area contributed by atoms with Crippen molar-refractivity contribution in [2.24, 2.45) is 5.92 Å². The number of hydrogen-bond donors (Lipinski definition) is 0. The van der Waals surface area contributed by atoms with E-state index in [4.69, 9.17) is 0 Å². The topological polar surface area (TPSA) is 26.8 Å². The molecule has 1 amide bonds. The molecule has 5 heteroatoms. The highest BCUT2D eigenvalue weighted by Crippen LogP contribution is 2.23. The summed E-state index contributed by atoms with van der Waals surface area (Å²) in [5.41, 5.74) is 0.700. The summed E-state index contributed by atoms with van der Waals surface area (Å²) < 4.78 is 14.0. The van der Waals surface area contributed by atoms with Crippen molar-refractivity contribution in [3.63, 3.8) is 0 Å². The average Bonchev–Trinajstić information content (AvgIpc) is 2.67. The number of halogens is 1. The van der Waals surface area contributed by atoms with Crippen molar-refractivity contribution in [2.75, 3.05) is 44.2 Å². The Morgan fingerprint density at radius 3 is 2.58 bits per heavy atom. The molecule has 142 valence electrons. The van der Waals surface area contributed by atoms with Gasteiger partial charge in [0.25, 0.3) is 0 Å². The second-order valence-electron chi connectivity index (χ2n) is 7.66. The first-order valence-corrected chi connectivity index (χ1v) is 9.75. The largest absolute Gasteiger partial charge is 0.367 e. The van der Waals surface area contributed by atoms with Crippen LogP contribution in [0.5, 0.6) is 0 Å². The van der Waals surface area contributed by atoms with Gasteiger partial charge in [-0.1, -0.05) is 32.1 Å². The minimum absolute atomic E-state index is 0.133. The third-order valence-corrected chi connectivity index (χ3v) is 5.36. The highest BCUT2D eigenvalue weighted by molar-refractivity contribution is 5.87. The highest BCUT2D eigenvalue weighted by Gasteiger charge is 2.29. The van der Waals surface area contributed by atoms with Gasteiger partial charge >= 0.3 is 0 Å². The van der Waals surface area contributed by atoms with Gasteiger partial charge in [0.15, 0.2) is 0 Å². The molecule has 0 aliphatic carbocycles. The van der Waals surface area contributed by atoms with E-state index >= 15 is 0 Å². The molecule has 4 nitrogen and oxygen atoms in total. The van der Waals surface area contributed by atoms with Crippen LogP contribution in [0.3, 0.4) is 0 Å². The van der Waals surface area contributed by atoms with Gasteiger partial charge in [-0.3, -0.25) is 9.69 Å². The van der Waals surface area contributed by atoms with Crippen LogP contribution in [0.25, 0.3) is 0 Å². The van der Waals surface area contributed by atoms with Crippen LogP contribution in [0, 0.1) is 11.7 Å². The van der Waals surface area contributed by atoms with Gasteiger partial charge < -0.3 is 9.80 Å². The Labute approximate surface area is 156 Å². The van der Waals surface area contributed by atoms with Crippen LogP contribution < -0.4 is 4.90 Å². The molecule has 0 saturated carbocycles. The fourth-order valence-corrected chi connectivity index (χ4v) is 3.87. The number of nitrogens with zero attached hydrogens (tertiary/aromatic N) is 3. The number of likely N-dealkylation sites (tertiary alicyclic amines) is 1. The Balaban J connectivity index is 1.54. The number of piperazine rings is 1. The number of piperidine rings is 1. The standard InChI is InChI=1S/C21H30FN3O/c1-17(2)9-10-21(26)25-11-5-6-18(16-25)23-12-14-24(15-13-23)20-8-4-3-7-19(20)22/h3-4,7-10,17-18H,5-6,11-16H2,1-2H3/b10-9+. The van der Waals surface area contributed by atoms with Gasteiger partial charge in [-0.05, 0) is 37.0 Å². The third-order valence-electron chi connectivity index (χ3n) is 5.36. The molecule has 0 bridgehead atoms. The summed E-state index contributed by atoms with van der Waals surface area (Å²) in [5.74, 6) is 0.381. The average molecular weight is 359 g/mol. The minimum Gasteiger partial charge on any atom is -0.367 e. The number of carbonyl (C=O) groups excluding carboxylic acids is 1. The second kappa shape index (κ2) is 8.67. The zero-order chi connectivity index (χ0) is 18.5. The van der Waals surface area contributed by atoms with Crippen molar-refractivity contribution in [3.8, 4) is 0 Å². The first-order chi connectivity index (χ1) is 12.5. The molecular weight excluding hydrogens is 329 g/mol. The fourth-order valence-electron chi connectivity index (χ4n) is 3.87. The quantitative estimate of drug-likeness (QED) is 0.773. The van der Waals surface area contributed by atoms with Crippen LogP contribution in [0.4, 0.5) is 10.1 Å². The maximum Gasteiger partial charge on any atom is 0.246 e. The summed E-state index contributed by atoms with van der Waals surface area (Å²) >= 11 is 0. The number of para-hydroxylation sites is 1. The first kappa shape index (κ1) is 18.9. The molecule has 0 N–H and O–H groups in total. The van der Waals surface area contributed by atoms with E-state index in [0.29, 0.717) is 17.6 Å². The van der Waals surface area contributed by atoms with Crippen LogP contribution in [0.1, 0.15) is 26.7 Å². The molecule has 26 heavy (non-hydrogen) atoms. The third kappa shape index (κ3) is 4.64. The van der Waals surface area contributed by atoms with Gasteiger partial charge in [-0.2, -0.15) is 0 Å². The maximum atomic E-state index is 14.0. The number of benzene rings is 1. The molecule has 0 aromatic heterocycles. The van der Waals surface area contributed by atoms with Crippen molar-refractivity contribution in [3.05, 3.63) is 42.2 Å². The smallest absolute Gasteiger partial charge is 0.246 e. The molecule has 2 saturated heterocycles. The van der Waals surface area contributed by atoms with Crippen LogP contribution in [-0.4, -0.2) is 61.0 Å². The van der Waals surface area contributed by atoms with E-state index in [9.17, 15) is 9.18 Å².